The van der Waals surface area contributed by atoms with Crippen LogP contribution in [0.4, 0.5) is 29.3 Å². The number of alkyl halides is 3. The number of rotatable bonds is 10. The molecule has 0 heterocycles. The van der Waals surface area contributed by atoms with E-state index >= 15 is 0 Å². The molecule has 41 heavy (non-hydrogen) atoms. The number of carbonyl (C=O) groups excluding carboxylic acids is 2. The minimum atomic E-state index is -4.45. The molecule has 0 fully saturated rings. The van der Waals surface area contributed by atoms with E-state index in [1.54, 1.807) is 23.6 Å². The monoisotopic (exact) mass is 578 g/mol. The van der Waals surface area contributed by atoms with Crippen molar-refractivity contribution >= 4 is 35.1 Å². The summed E-state index contributed by atoms with van der Waals surface area (Å²) in [6.07, 6.45) is -3.63. The number of anilines is 2. The molecule has 0 aliphatic carbocycles. The van der Waals surface area contributed by atoms with Crippen molar-refractivity contribution < 1.29 is 27.5 Å². The standard InChI is InChI=1S/C32H29F3N2O3S/c1-2-40-30(38)22-24-8-16-28(17-9-24)41-29-18-14-27(15-19-29)37(21-20-23-6-4-3-5-7-23)31(39)36-26-12-10-25(11-13-26)32(33,34)35/h3-19H,2,20-22H2,1H3,(H,36,39). The maximum absolute atomic E-state index is 13.3. The lowest BCUT2D eigenvalue weighted by molar-refractivity contribution is -0.142. The Labute approximate surface area is 241 Å². The van der Waals surface area contributed by atoms with E-state index in [9.17, 15) is 22.8 Å². The van der Waals surface area contributed by atoms with E-state index < -0.39 is 17.8 Å². The molecule has 4 rings (SSSR count). The zero-order chi connectivity index (χ0) is 29.2. The van der Waals surface area contributed by atoms with Gasteiger partial charge in [-0.3, -0.25) is 9.69 Å². The van der Waals surface area contributed by atoms with Gasteiger partial charge < -0.3 is 10.1 Å². The second-order valence-electron chi connectivity index (χ2n) is 9.11. The first-order valence-corrected chi connectivity index (χ1v) is 13.8. The summed E-state index contributed by atoms with van der Waals surface area (Å²) in [6, 6.07) is 28.8. The van der Waals surface area contributed by atoms with Gasteiger partial charge in [-0.2, -0.15) is 13.2 Å². The molecule has 0 spiro atoms. The Morgan fingerprint density at radius 2 is 1.41 bits per heavy atom. The number of nitrogens with one attached hydrogen (secondary N) is 1. The normalized spacial score (nSPS) is 11.1. The Morgan fingerprint density at radius 1 is 0.805 bits per heavy atom. The Kier molecular flexibility index (Phi) is 10.1. The van der Waals surface area contributed by atoms with Gasteiger partial charge in [0.15, 0.2) is 0 Å². The van der Waals surface area contributed by atoms with Crippen molar-refractivity contribution in [3.63, 3.8) is 0 Å². The Morgan fingerprint density at radius 3 is 2.00 bits per heavy atom. The van der Waals surface area contributed by atoms with Crippen molar-refractivity contribution in [2.75, 3.05) is 23.4 Å². The summed E-state index contributed by atoms with van der Waals surface area (Å²) in [4.78, 5) is 28.5. The molecular formula is C32H29F3N2O3S. The van der Waals surface area contributed by atoms with Gasteiger partial charge in [-0.1, -0.05) is 54.2 Å². The van der Waals surface area contributed by atoms with E-state index in [0.29, 0.717) is 25.3 Å². The first-order chi connectivity index (χ1) is 19.7. The van der Waals surface area contributed by atoms with Crippen LogP contribution < -0.4 is 10.2 Å². The third kappa shape index (κ3) is 8.88. The summed E-state index contributed by atoms with van der Waals surface area (Å²) in [7, 11) is 0. The summed E-state index contributed by atoms with van der Waals surface area (Å²) in [5.74, 6) is -0.261. The largest absolute Gasteiger partial charge is 0.466 e. The zero-order valence-corrected chi connectivity index (χ0v) is 23.2. The van der Waals surface area contributed by atoms with Gasteiger partial charge in [0.1, 0.15) is 0 Å². The molecule has 0 aliphatic heterocycles. The Bertz CT molecular complexity index is 1430. The number of benzene rings is 4. The highest BCUT2D eigenvalue weighted by molar-refractivity contribution is 7.99. The average molecular weight is 579 g/mol. The summed E-state index contributed by atoms with van der Waals surface area (Å²) < 4.78 is 43.8. The highest BCUT2D eigenvalue weighted by Crippen LogP contribution is 2.31. The van der Waals surface area contributed by atoms with Gasteiger partial charge in [0.2, 0.25) is 0 Å². The number of carbonyl (C=O) groups is 2. The molecule has 0 aromatic heterocycles. The molecule has 0 aliphatic rings. The topological polar surface area (TPSA) is 58.6 Å². The number of hydrogen-bond donors (Lipinski definition) is 1. The van der Waals surface area contributed by atoms with E-state index in [2.05, 4.69) is 5.32 Å². The van der Waals surface area contributed by atoms with Crippen LogP contribution in [0.1, 0.15) is 23.6 Å². The molecule has 1 N–H and O–H groups in total. The maximum Gasteiger partial charge on any atom is 0.416 e. The maximum atomic E-state index is 13.3. The van der Waals surface area contributed by atoms with Crippen molar-refractivity contribution in [3.8, 4) is 0 Å². The van der Waals surface area contributed by atoms with Gasteiger partial charge in [-0.05, 0) is 85.1 Å². The molecule has 0 unspecified atom stereocenters. The van der Waals surface area contributed by atoms with Crippen LogP contribution in [0.25, 0.3) is 0 Å². The molecule has 0 saturated heterocycles. The highest BCUT2D eigenvalue weighted by atomic mass is 32.2. The van der Waals surface area contributed by atoms with Crippen molar-refractivity contribution in [3.05, 3.63) is 120 Å². The molecule has 2 amide bonds. The molecular weight excluding hydrogens is 549 g/mol. The lowest BCUT2D eigenvalue weighted by Crippen LogP contribution is -2.36. The highest BCUT2D eigenvalue weighted by Gasteiger charge is 2.30. The fourth-order valence-electron chi connectivity index (χ4n) is 4.05. The molecule has 0 saturated carbocycles. The van der Waals surface area contributed by atoms with E-state index in [0.717, 1.165) is 33.1 Å². The third-order valence-electron chi connectivity index (χ3n) is 6.14. The molecule has 4 aromatic rings. The van der Waals surface area contributed by atoms with Crippen LogP contribution in [0.15, 0.2) is 113 Å². The Hall–Kier alpha value is -4.24. The van der Waals surface area contributed by atoms with E-state index in [1.807, 2.05) is 78.9 Å². The fraction of sp³-hybridized carbons (Fsp3) is 0.188. The summed E-state index contributed by atoms with van der Waals surface area (Å²) in [6.45, 7) is 2.49. The van der Waals surface area contributed by atoms with Crippen molar-refractivity contribution in [1.82, 2.24) is 0 Å². The first kappa shape index (κ1) is 29.7. The van der Waals surface area contributed by atoms with Crippen molar-refractivity contribution in [2.24, 2.45) is 0 Å². The van der Waals surface area contributed by atoms with Crippen LogP contribution in [0.5, 0.6) is 0 Å². The van der Waals surface area contributed by atoms with E-state index in [4.69, 9.17) is 4.74 Å². The molecule has 0 bridgehead atoms. The molecule has 4 aromatic carbocycles. The van der Waals surface area contributed by atoms with Crippen LogP contribution in [-0.2, 0) is 28.5 Å². The minimum absolute atomic E-state index is 0.223. The lowest BCUT2D eigenvalue weighted by Gasteiger charge is -2.24. The predicted octanol–water partition coefficient (Wildman–Crippen LogP) is 8.24. The van der Waals surface area contributed by atoms with Gasteiger partial charge in [-0.15, -0.1) is 0 Å². The quantitative estimate of drug-likeness (QED) is 0.193. The van der Waals surface area contributed by atoms with Crippen LogP contribution >= 0.6 is 11.8 Å². The number of esters is 1. The lowest BCUT2D eigenvalue weighted by atomic mass is 10.1. The molecule has 0 radical (unpaired) electrons. The van der Waals surface area contributed by atoms with Crippen molar-refractivity contribution in [2.45, 2.75) is 35.7 Å². The van der Waals surface area contributed by atoms with E-state index in [1.165, 1.54) is 12.1 Å². The summed E-state index contributed by atoms with van der Waals surface area (Å²) >= 11 is 1.54. The fourth-order valence-corrected chi connectivity index (χ4v) is 4.87. The summed E-state index contributed by atoms with van der Waals surface area (Å²) in [5.41, 5.74) is 2.07. The number of amides is 2. The average Bonchev–Trinajstić information content (AvgIpc) is 2.95. The molecule has 9 heteroatoms. The number of urea groups is 1. The predicted molar refractivity (Wildman–Crippen MR) is 155 cm³/mol. The van der Waals surface area contributed by atoms with Gasteiger partial charge in [0.25, 0.3) is 0 Å². The van der Waals surface area contributed by atoms with Crippen molar-refractivity contribution in [1.29, 1.82) is 0 Å². The molecule has 5 nitrogen and oxygen atoms in total. The van der Waals surface area contributed by atoms with Gasteiger partial charge in [0, 0.05) is 27.7 Å². The van der Waals surface area contributed by atoms with Gasteiger partial charge in [0.05, 0.1) is 18.6 Å². The number of nitrogens with zero attached hydrogens (tertiary/aromatic N) is 1. The van der Waals surface area contributed by atoms with Crippen LogP contribution in [0.2, 0.25) is 0 Å². The smallest absolute Gasteiger partial charge is 0.416 e. The Balaban J connectivity index is 1.46. The second-order valence-corrected chi connectivity index (χ2v) is 10.3. The van der Waals surface area contributed by atoms with Gasteiger partial charge >= 0.3 is 18.2 Å². The number of halogens is 3. The number of hydrogen-bond acceptors (Lipinski definition) is 4. The van der Waals surface area contributed by atoms with Crippen LogP contribution in [0, 0.1) is 0 Å². The zero-order valence-electron chi connectivity index (χ0n) is 22.4. The van der Waals surface area contributed by atoms with Crippen LogP contribution in [-0.4, -0.2) is 25.2 Å². The van der Waals surface area contributed by atoms with Gasteiger partial charge in [-0.25, -0.2) is 4.79 Å². The van der Waals surface area contributed by atoms with E-state index in [-0.39, 0.29) is 18.1 Å². The molecule has 212 valence electrons. The van der Waals surface area contributed by atoms with Crippen LogP contribution in [0.3, 0.4) is 0 Å². The first-order valence-electron chi connectivity index (χ1n) is 13.0. The number of ether oxygens (including phenoxy) is 1. The summed E-state index contributed by atoms with van der Waals surface area (Å²) in [5, 5.41) is 2.72. The second kappa shape index (κ2) is 13.9. The minimum Gasteiger partial charge on any atom is -0.466 e. The third-order valence-corrected chi connectivity index (χ3v) is 7.15. The molecule has 0 atom stereocenters. The SMILES string of the molecule is CCOC(=O)Cc1ccc(Sc2ccc(N(CCc3ccccc3)C(=O)Nc3ccc(C(F)(F)F)cc3)cc2)cc1.